The number of nitrogens with zero attached hydrogens (tertiary/aromatic N) is 3. The number of sulfonamides is 1. The summed E-state index contributed by atoms with van der Waals surface area (Å²) < 4.78 is 27.2. The summed E-state index contributed by atoms with van der Waals surface area (Å²) in [5.41, 5.74) is 0.988. The minimum absolute atomic E-state index is 0.0342. The first-order valence-corrected chi connectivity index (χ1v) is 9.99. The Bertz CT molecular complexity index is 698. The van der Waals surface area contributed by atoms with Gasteiger partial charge in [-0.25, -0.2) is 13.4 Å². The minimum atomic E-state index is -3.35. The van der Waals surface area contributed by atoms with Crippen molar-refractivity contribution in [3.63, 3.8) is 0 Å². The van der Waals surface area contributed by atoms with Crippen LogP contribution in [0.2, 0.25) is 0 Å². The van der Waals surface area contributed by atoms with Crippen molar-refractivity contribution in [2.75, 3.05) is 12.8 Å². The second kappa shape index (κ2) is 6.24. The molecule has 1 aromatic rings. The van der Waals surface area contributed by atoms with Gasteiger partial charge in [0.2, 0.25) is 15.9 Å². The molecule has 0 bridgehead atoms. The molecule has 1 aromatic heterocycles. The fraction of sp³-hybridized carbons (Fsp3) is 0.733. The van der Waals surface area contributed by atoms with E-state index in [1.807, 2.05) is 13.1 Å². The predicted octanol–water partition coefficient (Wildman–Crippen LogP) is 0.437. The van der Waals surface area contributed by atoms with E-state index in [1.165, 1.54) is 10.6 Å². The van der Waals surface area contributed by atoms with E-state index in [9.17, 15) is 13.2 Å². The molecule has 7 nitrogen and oxygen atoms in total. The second-order valence-electron chi connectivity index (χ2n) is 6.58. The molecule has 1 N–H and O–H groups in total. The number of rotatable bonds is 3. The van der Waals surface area contributed by atoms with Crippen LogP contribution >= 0.6 is 0 Å². The zero-order chi connectivity index (χ0) is 16.6. The van der Waals surface area contributed by atoms with Gasteiger partial charge in [0.15, 0.2) is 0 Å². The first-order valence-electron chi connectivity index (χ1n) is 8.14. The van der Waals surface area contributed by atoms with Crippen molar-refractivity contribution >= 4 is 15.9 Å². The van der Waals surface area contributed by atoms with Crippen LogP contribution in [-0.4, -0.2) is 53.1 Å². The highest BCUT2D eigenvalue weighted by molar-refractivity contribution is 7.88. The summed E-state index contributed by atoms with van der Waals surface area (Å²) in [5, 5.41) is 3.05. The van der Waals surface area contributed by atoms with Gasteiger partial charge in [0.25, 0.3) is 0 Å². The first-order chi connectivity index (χ1) is 10.8. The zero-order valence-electron chi connectivity index (χ0n) is 13.7. The lowest BCUT2D eigenvalue weighted by atomic mass is 10.0. The van der Waals surface area contributed by atoms with Crippen LogP contribution in [0.25, 0.3) is 0 Å². The lowest BCUT2D eigenvalue weighted by Gasteiger charge is -2.34. The maximum Gasteiger partial charge on any atom is 0.238 e. The number of imidazole rings is 1. The largest absolute Gasteiger partial charge is 0.350 e. The molecule has 0 aliphatic carbocycles. The minimum Gasteiger partial charge on any atom is -0.350 e. The van der Waals surface area contributed by atoms with Crippen LogP contribution < -0.4 is 5.32 Å². The summed E-state index contributed by atoms with van der Waals surface area (Å²) in [5.74, 6) is 0.892. The van der Waals surface area contributed by atoms with Gasteiger partial charge in [0.1, 0.15) is 11.9 Å². The van der Waals surface area contributed by atoms with E-state index in [0.29, 0.717) is 19.5 Å². The summed E-state index contributed by atoms with van der Waals surface area (Å²) in [4.78, 5) is 17.1. The van der Waals surface area contributed by atoms with Gasteiger partial charge in [-0.3, -0.25) is 4.79 Å². The Morgan fingerprint density at radius 3 is 2.87 bits per heavy atom. The lowest BCUT2D eigenvalue weighted by molar-refractivity contribution is -0.126. The number of nitrogens with one attached hydrogen (secondary N) is 1. The molecule has 8 heteroatoms. The van der Waals surface area contributed by atoms with Crippen LogP contribution in [0, 0.1) is 6.92 Å². The van der Waals surface area contributed by atoms with Crippen molar-refractivity contribution in [3.8, 4) is 0 Å². The Morgan fingerprint density at radius 2 is 2.13 bits per heavy atom. The fourth-order valence-corrected chi connectivity index (χ4v) is 4.69. The normalized spacial score (nSPS) is 25.8. The molecule has 1 fully saturated rings. The van der Waals surface area contributed by atoms with E-state index in [4.69, 9.17) is 0 Å². The summed E-state index contributed by atoms with van der Waals surface area (Å²) in [6, 6.07) is -0.531. The van der Waals surface area contributed by atoms with Crippen LogP contribution in [0.3, 0.4) is 0 Å². The van der Waals surface area contributed by atoms with E-state index < -0.39 is 16.1 Å². The summed E-state index contributed by atoms with van der Waals surface area (Å²) in [6.45, 7) is 3.10. The van der Waals surface area contributed by atoms with Crippen molar-refractivity contribution in [2.45, 2.75) is 57.7 Å². The Hall–Kier alpha value is -1.41. The molecule has 0 spiro atoms. The van der Waals surface area contributed by atoms with Crippen molar-refractivity contribution in [2.24, 2.45) is 0 Å². The maximum atomic E-state index is 12.6. The number of carbonyl (C=O) groups is 1. The quantitative estimate of drug-likeness (QED) is 0.865. The molecule has 1 saturated heterocycles. The number of carbonyl (C=O) groups excluding carboxylic acids is 1. The lowest BCUT2D eigenvalue weighted by Crippen LogP contribution is -2.54. The molecule has 3 heterocycles. The number of amides is 1. The molecule has 2 atom stereocenters. The van der Waals surface area contributed by atoms with E-state index >= 15 is 0 Å². The monoisotopic (exact) mass is 340 g/mol. The average Bonchev–Trinajstić information content (AvgIpc) is 2.85. The molecule has 2 aliphatic heterocycles. The molecular weight excluding hydrogens is 316 g/mol. The van der Waals surface area contributed by atoms with Crippen LogP contribution in [-0.2, 0) is 27.8 Å². The maximum absolute atomic E-state index is 12.6. The van der Waals surface area contributed by atoms with Crippen molar-refractivity contribution in [3.05, 3.63) is 17.7 Å². The molecule has 3 rings (SSSR count). The fourth-order valence-electron chi connectivity index (χ4n) is 3.57. The molecule has 1 amide bonds. The highest BCUT2D eigenvalue weighted by atomic mass is 32.2. The summed E-state index contributed by atoms with van der Waals surface area (Å²) >= 11 is 0. The van der Waals surface area contributed by atoms with Crippen LogP contribution in [0.15, 0.2) is 6.20 Å². The predicted molar refractivity (Wildman–Crippen MR) is 86.4 cm³/mol. The van der Waals surface area contributed by atoms with Gasteiger partial charge in [-0.15, -0.1) is 0 Å². The third kappa shape index (κ3) is 3.58. The van der Waals surface area contributed by atoms with Gasteiger partial charge >= 0.3 is 0 Å². The van der Waals surface area contributed by atoms with Crippen molar-refractivity contribution < 1.29 is 13.2 Å². The Balaban J connectivity index is 1.67. The van der Waals surface area contributed by atoms with E-state index in [2.05, 4.69) is 14.9 Å². The van der Waals surface area contributed by atoms with Gasteiger partial charge in [-0.2, -0.15) is 4.31 Å². The SMILES string of the molecule is Cc1cn2c(n1)CCC(NC(=O)C1CCCCN1S(C)(=O)=O)C2. The molecule has 23 heavy (non-hydrogen) atoms. The average molecular weight is 340 g/mol. The number of hydrogen-bond acceptors (Lipinski definition) is 4. The van der Waals surface area contributed by atoms with Gasteiger partial charge in [0, 0.05) is 31.7 Å². The molecule has 2 aliphatic rings. The van der Waals surface area contributed by atoms with Gasteiger partial charge in [-0.05, 0) is 26.2 Å². The van der Waals surface area contributed by atoms with E-state index in [0.717, 1.165) is 37.2 Å². The molecule has 0 saturated carbocycles. The Morgan fingerprint density at radius 1 is 1.35 bits per heavy atom. The summed E-state index contributed by atoms with van der Waals surface area (Å²) in [6.07, 6.45) is 7.16. The van der Waals surface area contributed by atoms with Crippen molar-refractivity contribution in [1.82, 2.24) is 19.2 Å². The first kappa shape index (κ1) is 16.4. The van der Waals surface area contributed by atoms with Crippen molar-refractivity contribution in [1.29, 1.82) is 0 Å². The topological polar surface area (TPSA) is 84.3 Å². The molecule has 0 aromatic carbocycles. The number of fused-ring (bicyclic) bond motifs is 1. The van der Waals surface area contributed by atoms with Crippen LogP contribution in [0.5, 0.6) is 0 Å². The Labute approximate surface area is 137 Å². The van der Waals surface area contributed by atoms with E-state index in [1.54, 1.807) is 0 Å². The third-order valence-electron chi connectivity index (χ3n) is 4.64. The number of aromatic nitrogens is 2. The third-order valence-corrected chi connectivity index (χ3v) is 5.93. The highest BCUT2D eigenvalue weighted by Gasteiger charge is 2.35. The van der Waals surface area contributed by atoms with Crippen LogP contribution in [0.1, 0.15) is 37.2 Å². The summed E-state index contributed by atoms with van der Waals surface area (Å²) in [7, 11) is -3.35. The number of hydrogen-bond donors (Lipinski definition) is 1. The number of aryl methyl sites for hydroxylation is 2. The molecule has 128 valence electrons. The second-order valence-corrected chi connectivity index (χ2v) is 8.52. The highest BCUT2D eigenvalue weighted by Crippen LogP contribution is 2.21. The smallest absolute Gasteiger partial charge is 0.238 e. The zero-order valence-corrected chi connectivity index (χ0v) is 14.5. The van der Waals surface area contributed by atoms with Crippen LogP contribution in [0.4, 0.5) is 0 Å². The molecule has 2 unspecified atom stereocenters. The van der Waals surface area contributed by atoms with Gasteiger partial charge in [0.05, 0.1) is 11.9 Å². The van der Waals surface area contributed by atoms with E-state index in [-0.39, 0.29) is 11.9 Å². The molecular formula is C15H24N4O3S. The van der Waals surface area contributed by atoms with Gasteiger partial charge < -0.3 is 9.88 Å². The number of piperidine rings is 1. The van der Waals surface area contributed by atoms with Gasteiger partial charge in [-0.1, -0.05) is 6.42 Å². The standard InChI is InChI=1S/C15H24N4O3S/c1-11-9-18-10-12(6-7-14(18)16-11)17-15(20)13-5-3-4-8-19(13)23(2,21)22/h9,12-13H,3-8,10H2,1-2H3,(H,17,20). The Kier molecular flexibility index (Phi) is 4.46. The molecule has 0 radical (unpaired) electrons.